The van der Waals surface area contributed by atoms with Gasteiger partial charge in [0.25, 0.3) is 0 Å². The molecule has 3 aromatic carbocycles. The van der Waals surface area contributed by atoms with Crippen LogP contribution in [0.3, 0.4) is 0 Å². The van der Waals surface area contributed by atoms with Gasteiger partial charge in [-0.05, 0) is 53.9 Å². The molecule has 0 fully saturated rings. The minimum absolute atomic E-state index is 0.719. The second kappa shape index (κ2) is 16.5. The Balaban J connectivity index is 1.74. The van der Waals surface area contributed by atoms with Gasteiger partial charge < -0.3 is 9.47 Å². The molecule has 3 aromatic rings. The summed E-state index contributed by atoms with van der Waals surface area (Å²) < 4.78 is 14.2. The number of rotatable bonds is 15. The number of hydrogen-bond acceptors (Lipinski definition) is 2. The van der Waals surface area contributed by atoms with Crippen LogP contribution in [-0.2, 0) is 0 Å². The Morgan fingerprint density at radius 2 is 1.05 bits per heavy atom. The number of methoxy groups -OCH3 is 1. The normalized spacial score (nSPS) is 11.5. The van der Waals surface area contributed by atoms with Gasteiger partial charge in [-0.1, -0.05) is 132 Å². The Morgan fingerprint density at radius 3 is 1.57 bits per heavy atom. The predicted octanol–water partition coefficient (Wildman–Crippen LogP) is 11.1. The monoisotopic (exact) mass is 624 g/mol. The standard InChI is InChI=1S/C33H38Br2O2/c1-3-4-5-6-7-8-9-10-23-37-33-25-28(17-11-26-13-19-30(34)20-14-26)32(36-2)24-29(33)18-12-27-15-21-31(35)22-16-27/h11-22,24-25H,3-10,23H2,1-2H3/b17-11+,18-12+. The summed E-state index contributed by atoms with van der Waals surface area (Å²) in [5.74, 6) is 1.70. The molecule has 0 amide bonds. The van der Waals surface area contributed by atoms with Gasteiger partial charge in [0.05, 0.1) is 13.7 Å². The van der Waals surface area contributed by atoms with Crippen molar-refractivity contribution in [3.8, 4) is 11.5 Å². The van der Waals surface area contributed by atoms with Crippen molar-refractivity contribution in [2.45, 2.75) is 58.3 Å². The van der Waals surface area contributed by atoms with E-state index in [0.717, 1.165) is 55.7 Å². The Hall–Kier alpha value is -2.30. The SMILES string of the molecule is CCCCCCCCCCOc1cc(/C=C/c2ccc(Br)cc2)c(OC)cc1/C=C/c1ccc(Br)cc1. The molecule has 0 radical (unpaired) electrons. The van der Waals surface area contributed by atoms with Crippen LogP contribution in [0.15, 0.2) is 69.6 Å². The van der Waals surface area contributed by atoms with Crippen molar-refractivity contribution in [3.63, 3.8) is 0 Å². The summed E-state index contributed by atoms with van der Waals surface area (Å²) in [5.41, 5.74) is 4.28. The largest absolute Gasteiger partial charge is 0.496 e. The van der Waals surface area contributed by atoms with Gasteiger partial charge >= 0.3 is 0 Å². The molecular weight excluding hydrogens is 588 g/mol. The quantitative estimate of drug-likeness (QED) is 0.123. The van der Waals surface area contributed by atoms with Crippen LogP contribution in [0.5, 0.6) is 11.5 Å². The lowest BCUT2D eigenvalue weighted by molar-refractivity contribution is 0.303. The van der Waals surface area contributed by atoms with Crippen LogP contribution < -0.4 is 9.47 Å². The summed E-state index contributed by atoms with van der Waals surface area (Å²) in [7, 11) is 1.72. The number of hydrogen-bond donors (Lipinski definition) is 0. The first-order valence-corrected chi connectivity index (χ1v) is 14.9. The molecule has 4 heteroatoms. The second-order valence-corrected chi connectivity index (χ2v) is 11.1. The van der Waals surface area contributed by atoms with Crippen LogP contribution in [0.1, 0.15) is 80.5 Å². The zero-order valence-electron chi connectivity index (χ0n) is 22.0. The number of unbranched alkanes of at least 4 members (excludes halogenated alkanes) is 7. The molecule has 2 nitrogen and oxygen atoms in total. The minimum atomic E-state index is 0.719. The van der Waals surface area contributed by atoms with Crippen molar-refractivity contribution in [1.29, 1.82) is 0 Å². The molecule has 0 aliphatic heterocycles. The van der Waals surface area contributed by atoms with E-state index in [9.17, 15) is 0 Å². The molecule has 196 valence electrons. The van der Waals surface area contributed by atoms with E-state index in [1.54, 1.807) is 7.11 Å². The number of halogens is 2. The van der Waals surface area contributed by atoms with E-state index in [0.29, 0.717) is 0 Å². The fourth-order valence-electron chi connectivity index (χ4n) is 4.09. The van der Waals surface area contributed by atoms with Crippen molar-refractivity contribution in [2.75, 3.05) is 13.7 Å². The zero-order valence-corrected chi connectivity index (χ0v) is 25.2. The molecule has 0 atom stereocenters. The maximum Gasteiger partial charge on any atom is 0.127 e. The fourth-order valence-corrected chi connectivity index (χ4v) is 4.62. The molecule has 0 saturated carbocycles. The molecular formula is C33H38Br2O2. The van der Waals surface area contributed by atoms with Crippen LogP contribution in [-0.4, -0.2) is 13.7 Å². The number of benzene rings is 3. The van der Waals surface area contributed by atoms with Crippen molar-refractivity contribution >= 4 is 56.2 Å². The molecule has 37 heavy (non-hydrogen) atoms. The van der Waals surface area contributed by atoms with E-state index in [4.69, 9.17) is 9.47 Å². The molecule has 0 bridgehead atoms. The smallest absolute Gasteiger partial charge is 0.127 e. The molecule has 0 spiro atoms. The average Bonchev–Trinajstić information content (AvgIpc) is 2.92. The van der Waals surface area contributed by atoms with E-state index in [-0.39, 0.29) is 0 Å². The van der Waals surface area contributed by atoms with Gasteiger partial charge in [-0.3, -0.25) is 0 Å². The van der Waals surface area contributed by atoms with E-state index >= 15 is 0 Å². The second-order valence-electron chi connectivity index (χ2n) is 9.23. The molecule has 0 N–H and O–H groups in total. The van der Waals surface area contributed by atoms with Crippen molar-refractivity contribution < 1.29 is 9.47 Å². The van der Waals surface area contributed by atoms with E-state index < -0.39 is 0 Å². The van der Waals surface area contributed by atoms with Gasteiger partial charge in [-0.15, -0.1) is 0 Å². The van der Waals surface area contributed by atoms with Crippen molar-refractivity contribution in [1.82, 2.24) is 0 Å². The Bertz CT molecular complexity index is 1130. The van der Waals surface area contributed by atoms with Crippen molar-refractivity contribution in [3.05, 3.63) is 91.9 Å². The summed E-state index contributed by atoms with van der Waals surface area (Å²) in [4.78, 5) is 0. The zero-order chi connectivity index (χ0) is 26.3. The lowest BCUT2D eigenvalue weighted by Crippen LogP contribution is -2.00. The summed E-state index contributed by atoms with van der Waals surface area (Å²) >= 11 is 7.01. The molecule has 0 heterocycles. The summed E-state index contributed by atoms with van der Waals surface area (Å²) in [5, 5.41) is 0. The lowest BCUT2D eigenvalue weighted by Gasteiger charge is -2.14. The summed E-state index contributed by atoms with van der Waals surface area (Å²) in [6.45, 7) is 2.98. The average molecular weight is 626 g/mol. The lowest BCUT2D eigenvalue weighted by atomic mass is 10.1. The first-order chi connectivity index (χ1) is 18.1. The molecule has 3 rings (SSSR count). The van der Waals surface area contributed by atoms with Gasteiger partial charge in [0.1, 0.15) is 11.5 Å². The van der Waals surface area contributed by atoms with Crippen LogP contribution in [0.25, 0.3) is 24.3 Å². The molecule has 0 aliphatic rings. The van der Waals surface area contributed by atoms with Gasteiger partial charge in [0.2, 0.25) is 0 Å². The first-order valence-electron chi connectivity index (χ1n) is 13.3. The third-order valence-electron chi connectivity index (χ3n) is 6.27. The van der Waals surface area contributed by atoms with Gasteiger partial charge in [0, 0.05) is 20.1 Å². The van der Waals surface area contributed by atoms with E-state index in [2.05, 4.69) is 112 Å². The Kier molecular flexibility index (Phi) is 13.1. The van der Waals surface area contributed by atoms with Crippen molar-refractivity contribution in [2.24, 2.45) is 0 Å². The predicted molar refractivity (Wildman–Crippen MR) is 167 cm³/mol. The third kappa shape index (κ3) is 10.5. The molecule has 0 aromatic heterocycles. The summed E-state index contributed by atoms with van der Waals surface area (Å²) in [6.07, 6.45) is 18.7. The van der Waals surface area contributed by atoms with Crippen LogP contribution >= 0.6 is 31.9 Å². The highest BCUT2D eigenvalue weighted by Gasteiger charge is 2.09. The highest BCUT2D eigenvalue weighted by molar-refractivity contribution is 9.10. The number of ether oxygens (including phenoxy) is 2. The Labute approximate surface area is 240 Å². The first kappa shape index (κ1) is 29.3. The topological polar surface area (TPSA) is 18.5 Å². The van der Waals surface area contributed by atoms with Gasteiger partial charge in [-0.25, -0.2) is 0 Å². The van der Waals surface area contributed by atoms with E-state index in [1.165, 1.54) is 44.9 Å². The fraction of sp³-hybridized carbons (Fsp3) is 0.333. The van der Waals surface area contributed by atoms with Crippen LogP contribution in [0, 0.1) is 0 Å². The minimum Gasteiger partial charge on any atom is -0.496 e. The molecule has 0 aliphatic carbocycles. The molecule has 0 unspecified atom stereocenters. The van der Waals surface area contributed by atoms with Gasteiger partial charge in [0.15, 0.2) is 0 Å². The van der Waals surface area contributed by atoms with Crippen LogP contribution in [0.4, 0.5) is 0 Å². The third-order valence-corrected chi connectivity index (χ3v) is 7.33. The maximum absolute atomic E-state index is 6.34. The van der Waals surface area contributed by atoms with Crippen LogP contribution in [0.2, 0.25) is 0 Å². The molecule has 0 saturated heterocycles. The highest BCUT2D eigenvalue weighted by Crippen LogP contribution is 2.32. The van der Waals surface area contributed by atoms with Gasteiger partial charge in [-0.2, -0.15) is 0 Å². The summed E-state index contributed by atoms with van der Waals surface area (Å²) in [6, 6.07) is 20.7. The Morgan fingerprint density at radius 1 is 0.595 bits per heavy atom. The highest BCUT2D eigenvalue weighted by atomic mass is 79.9. The van der Waals surface area contributed by atoms with E-state index in [1.807, 2.05) is 12.1 Å². The maximum atomic E-state index is 6.34.